The van der Waals surface area contributed by atoms with E-state index in [0.717, 1.165) is 109 Å². The highest BCUT2D eigenvalue weighted by atomic mass is 16.6. The van der Waals surface area contributed by atoms with Crippen molar-refractivity contribution in [2.24, 2.45) is 0 Å². The van der Waals surface area contributed by atoms with Gasteiger partial charge in [0.1, 0.15) is 13.2 Å². The number of esters is 3. The molecule has 0 aliphatic rings. The Kier molecular flexibility index (Phi) is 53.8. The van der Waals surface area contributed by atoms with Crippen molar-refractivity contribution in [1.82, 2.24) is 0 Å². The number of hydrogen-bond acceptors (Lipinski definition) is 6. The lowest BCUT2D eigenvalue weighted by atomic mass is 10.1. The molecule has 392 valence electrons. The van der Waals surface area contributed by atoms with Crippen molar-refractivity contribution in [3.05, 3.63) is 72.9 Å². The lowest BCUT2D eigenvalue weighted by molar-refractivity contribution is -0.167. The maximum atomic E-state index is 12.8. The Bertz CT molecular complexity index is 1270. The lowest BCUT2D eigenvalue weighted by Crippen LogP contribution is -2.30. The second-order valence-corrected chi connectivity index (χ2v) is 19.2. The van der Waals surface area contributed by atoms with Crippen LogP contribution >= 0.6 is 0 Å². The summed E-state index contributed by atoms with van der Waals surface area (Å²) in [5, 5.41) is 0. The Morgan fingerprint density at radius 3 is 0.897 bits per heavy atom. The van der Waals surface area contributed by atoms with Crippen LogP contribution < -0.4 is 0 Å². The van der Waals surface area contributed by atoms with Gasteiger partial charge >= 0.3 is 17.9 Å². The van der Waals surface area contributed by atoms with Crippen molar-refractivity contribution in [3.8, 4) is 0 Å². The van der Waals surface area contributed by atoms with Crippen molar-refractivity contribution in [1.29, 1.82) is 0 Å². The molecule has 0 fully saturated rings. The summed E-state index contributed by atoms with van der Waals surface area (Å²) in [4.78, 5) is 38.1. The summed E-state index contributed by atoms with van der Waals surface area (Å²) < 4.78 is 16.8. The van der Waals surface area contributed by atoms with Crippen molar-refractivity contribution in [2.75, 3.05) is 13.2 Å². The van der Waals surface area contributed by atoms with E-state index in [0.29, 0.717) is 19.3 Å². The van der Waals surface area contributed by atoms with Crippen LogP contribution in [0.25, 0.3) is 0 Å². The highest BCUT2D eigenvalue weighted by Crippen LogP contribution is 2.15. The van der Waals surface area contributed by atoms with Crippen LogP contribution in [0.5, 0.6) is 0 Å². The fourth-order valence-corrected chi connectivity index (χ4v) is 7.99. The molecule has 68 heavy (non-hydrogen) atoms. The molecule has 0 spiro atoms. The minimum Gasteiger partial charge on any atom is -0.462 e. The Labute approximate surface area is 421 Å². The molecule has 0 bridgehead atoms. The molecular weight excluding hydrogens is 841 g/mol. The van der Waals surface area contributed by atoms with Crippen molar-refractivity contribution in [3.63, 3.8) is 0 Å². The van der Waals surface area contributed by atoms with Crippen LogP contribution in [0.2, 0.25) is 0 Å². The second kappa shape index (κ2) is 56.4. The number of hydrogen-bond donors (Lipinski definition) is 0. The minimum absolute atomic E-state index is 0.0874. The number of ether oxygens (including phenoxy) is 3. The maximum Gasteiger partial charge on any atom is 0.306 e. The molecule has 0 saturated carbocycles. The van der Waals surface area contributed by atoms with Gasteiger partial charge in [0.05, 0.1) is 0 Å². The van der Waals surface area contributed by atoms with Gasteiger partial charge in [-0.3, -0.25) is 14.4 Å². The standard InChI is InChI=1S/C62H108O6/c1-4-7-10-13-16-19-22-25-27-28-29-30-31-32-33-34-35-38-40-43-46-49-52-55-61(64)67-58-59(57-66-60(63)54-51-48-45-42-39-36-24-21-18-15-12-9-6-3)68-62(65)56-53-50-47-44-41-37-26-23-20-17-14-11-8-5-2/h14,17,21-26,28-29,31-32,59H,4-13,15-16,18-20,27,30,33-58H2,1-3H3/b17-14-,24-21-,25-22-,26-23-,29-28-,32-31-. The van der Waals surface area contributed by atoms with Gasteiger partial charge in [-0.2, -0.15) is 0 Å². The largest absolute Gasteiger partial charge is 0.462 e. The molecule has 1 unspecified atom stereocenters. The zero-order chi connectivity index (χ0) is 49.3. The van der Waals surface area contributed by atoms with Crippen LogP contribution in [-0.4, -0.2) is 37.2 Å². The van der Waals surface area contributed by atoms with Gasteiger partial charge in [0.25, 0.3) is 0 Å². The molecule has 0 saturated heterocycles. The SMILES string of the molecule is CCCC/C=C\C/C=C\CCCCCCCC(=O)OC(COC(=O)CCCCCCC/C=C\CCCCCC)COC(=O)CCCCCCCCCC/C=C\C/C=C\C/C=C\CCCCCCC. The predicted octanol–water partition coefficient (Wildman–Crippen LogP) is 19.4. The van der Waals surface area contributed by atoms with Gasteiger partial charge in [0.2, 0.25) is 0 Å². The third-order valence-corrected chi connectivity index (χ3v) is 12.4. The molecule has 0 aromatic rings. The highest BCUT2D eigenvalue weighted by molar-refractivity contribution is 5.71. The predicted molar refractivity (Wildman–Crippen MR) is 293 cm³/mol. The van der Waals surface area contributed by atoms with Gasteiger partial charge in [-0.05, 0) is 109 Å². The van der Waals surface area contributed by atoms with E-state index in [1.54, 1.807) is 0 Å². The Morgan fingerprint density at radius 2 is 0.544 bits per heavy atom. The first kappa shape index (κ1) is 64.8. The lowest BCUT2D eigenvalue weighted by Gasteiger charge is -2.18. The average Bonchev–Trinajstić information content (AvgIpc) is 3.34. The fraction of sp³-hybridized carbons (Fsp3) is 0.758. The van der Waals surface area contributed by atoms with E-state index in [2.05, 4.69) is 93.7 Å². The van der Waals surface area contributed by atoms with E-state index in [1.165, 1.54) is 135 Å². The number of unbranched alkanes of at least 4 members (excludes halogenated alkanes) is 29. The third-order valence-electron chi connectivity index (χ3n) is 12.4. The highest BCUT2D eigenvalue weighted by Gasteiger charge is 2.19. The molecule has 0 aromatic carbocycles. The van der Waals surface area contributed by atoms with Gasteiger partial charge < -0.3 is 14.2 Å². The summed E-state index contributed by atoms with van der Waals surface area (Å²) in [5.74, 6) is -0.911. The summed E-state index contributed by atoms with van der Waals surface area (Å²) in [5.41, 5.74) is 0. The number of allylic oxidation sites excluding steroid dienone is 12. The zero-order valence-electron chi connectivity index (χ0n) is 44.9. The molecule has 0 aliphatic carbocycles. The molecule has 0 N–H and O–H groups in total. The van der Waals surface area contributed by atoms with E-state index in [1.807, 2.05) is 0 Å². The minimum atomic E-state index is -0.789. The molecule has 6 heteroatoms. The summed E-state index contributed by atoms with van der Waals surface area (Å²) in [7, 11) is 0. The normalized spacial score (nSPS) is 12.6. The molecule has 6 nitrogen and oxygen atoms in total. The van der Waals surface area contributed by atoms with Crippen LogP contribution in [0.15, 0.2) is 72.9 Å². The van der Waals surface area contributed by atoms with Crippen LogP contribution in [0.1, 0.15) is 284 Å². The first-order chi connectivity index (χ1) is 33.5. The molecule has 0 aliphatic heterocycles. The first-order valence-corrected chi connectivity index (χ1v) is 28.9. The molecule has 1 atom stereocenters. The van der Waals surface area contributed by atoms with E-state index < -0.39 is 6.10 Å². The molecule has 0 rings (SSSR count). The summed E-state index contributed by atoms with van der Waals surface area (Å²) in [6.07, 6.45) is 71.7. The topological polar surface area (TPSA) is 78.9 Å². The van der Waals surface area contributed by atoms with Gasteiger partial charge in [-0.15, -0.1) is 0 Å². The van der Waals surface area contributed by atoms with Crippen molar-refractivity contribution >= 4 is 17.9 Å². The van der Waals surface area contributed by atoms with E-state index in [9.17, 15) is 14.4 Å². The quantitative estimate of drug-likeness (QED) is 0.0262. The van der Waals surface area contributed by atoms with Crippen LogP contribution in [0, 0.1) is 0 Å². The average molecular weight is 950 g/mol. The monoisotopic (exact) mass is 949 g/mol. The number of carbonyl (C=O) groups excluding carboxylic acids is 3. The zero-order valence-corrected chi connectivity index (χ0v) is 44.9. The van der Waals surface area contributed by atoms with Crippen LogP contribution in [0.4, 0.5) is 0 Å². The smallest absolute Gasteiger partial charge is 0.306 e. The Morgan fingerprint density at radius 1 is 0.294 bits per heavy atom. The van der Waals surface area contributed by atoms with Gasteiger partial charge in [0, 0.05) is 19.3 Å². The molecular formula is C62H108O6. The maximum absolute atomic E-state index is 12.8. The van der Waals surface area contributed by atoms with E-state index in [-0.39, 0.29) is 31.1 Å². The summed E-state index contributed by atoms with van der Waals surface area (Å²) in [6.45, 7) is 6.56. The fourth-order valence-electron chi connectivity index (χ4n) is 7.99. The number of carbonyl (C=O) groups is 3. The Balaban J connectivity index is 4.35. The van der Waals surface area contributed by atoms with Crippen LogP contribution in [-0.2, 0) is 28.6 Å². The first-order valence-electron chi connectivity index (χ1n) is 28.9. The summed E-state index contributed by atoms with van der Waals surface area (Å²) in [6, 6.07) is 0. The van der Waals surface area contributed by atoms with Crippen molar-refractivity contribution < 1.29 is 28.6 Å². The van der Waals surface area contributed by atoms with E-state index in [4.69, 9.17) is 14.2 Å². The molecule has 0 radical (unpaired) electrons. The van der Waals surface area contributed by atoms with Crippen LogP contribution in [0.3, 0.4) is 0 Å². The van der Waals surface area contributed by atoms with E-state index >= 15 is 0 Å². The third kappa shape index (κ3) is 53.8. The van der Waals surface area contributed by atoms with Gasteiger partial charge in [-0.25, -0.2) is 0 Å². The van der Waals surface area contributed by atoms with Gasteiger partial charge in [-0.1, -0.05) is 229 Å². The second-order valence-electron chi connectivity index (χ2n) is 19.2. The molecule has 0 heterocycles. The molecule has 0 amide bonds. The van der Waals surface area contributed by atoms with Gasteiger partial charge in [0.15, 0.2) is 6.10 Å². The Hall–Kier alpha value is -3.15. The number of rotatable bonds is 52. The molecule has 0 aromatic heterocycles. The van der Waals surface area contributed by atoms with Crippen molar-refractivity contribution in [2.45, 2.75) is 290 Å². The summed E-state index contributed by atoms with van der Waals surface area (Å²) >= 11 is 0.